The number of rotatable bonds is 4. The number of hydrogen-bond donors (Lipinski definition) is 1. The minimum atomic E-state index is -0.0691. The Bertz CT molecular complexity index is 201. The van der Waals surface area contributed by atoms with Gasteiger partial charge in [-0.25, -0.2) is 0 Å². The Balaban J connectivity index is 0.00000196. The minimum Gasteiger partial charge on any atom is -0.461 e. The number of carbonyl (C=O) groups excluding carboxylic acids is 1. The predicted molar refractivity (Wildman–Crippen MR) is 62.9 cm³/mol. The Hall–Kier alpha value is -0.540. The van der Waals surface area contributed by atoms with Crippen LogP contribution in [-0.2, 0) is 9.53 Å². The highest BCUT2D eigenvalue weighted by molar-refractivity contribution is 5.85. The first-order valence-electron chi connectivity index (χ1n) is 5.25. The summed E-state index contributed by atoms with van der Waals surface area (Å²) in [5.74, 6) is 0.636. The number of ether oxygens (including phenoxy) is 1. The zero-order valence-corrected chi connectivity index (χ0v) is 9.80. The molecular weight excluding hydrogens is 214 g/mol. The molecule has 1 aliphatic carbocycles. The Kier molecular flexibility index (Phi) is 7.44. The summed E-state index contributed by atoms with van der Waals surface area (Å²) in [5.41, 5.74) is 5.58. The van der Waals surface area contributed by atoms with Gasteiger partial charge in [-0.1, -0.05) is 12.7 Å². The Labute approximate surface area is 97.5 Å². The van der Waals surface area contributed by atoms with Crippen LogP contribution in [0, 0.1) is 11.8 Å². The van der Waals surface area contributed by atoms with Crippen molar-refractivity contribution in [2.24, 2.45) is 17.6 Å². The average molecular weight is 234 g/mol. The maximum Gasteiger partial charge on any atom is 0.309 e. The van der Waals surface area contributed by atoms with Gasteiger partial charge in [0, 0.05) is 0 Å². The molecule has 0 spiro atoms. The van der Waals surface area contributed by atoms with Crippen molar-refractivity contribution in [1.82, 2.24) is 0 Å². The van der Waals surface area contributed by atoms with Crippen LogP contribution in [0.4, 0.5) is 0 Å². The van der Waals surface area contributed by atoms with Crippen LogP contribution in [0.25, 0.3) is 0 Å². The highest BCUT2D eigenvalue weighted by Crippen LogP contribution is 2.28. The smallest absolute Gasteiger partial charge is 0.309 e. The molecule has 0 atom stereocenters. The molecule has 0 bridgehead atoms. The van der Waals surface area contributed by atoms with Gasteiger partial charge in [0.25, 0.3) is 0 Å². The Morgan fingerprint density at radius 2 is 2.00 bits per heavy atom. The average Bonchev–Trinajstić information content (AvgIpc) is 2.26. The Morgan fingerprint density at radius 3 is 2.47 bits per heavy atom. The van der Waals surface area contributed by atoms with Gasteiger partial charge in [-0.2, -0.15) is 0 Å². The van der Waals surface area contributed by atoms with Crippen LogP contribution in [0.15, 0.2) is 12.7 Å². The molecule has 1 rings (SSSR count). The van der Waals surface area contributed by atoms with E-state index in [1.54, 1.807) is 6.08 Å². The molecule has 15 heavy (non-hydrogen) atoms. The van der Waals surface area contributed by atoms with Crippen LogP contribution in [0.5, 0.6) is 0 Å². The molecule has 4 heteroatoms. The summed E-state index contributed by atoms with van der Waals surface area (Å²) in [7, 11) is 0. The lowest BCUT2D eigenvalue weighted by Gasteiger charge is -2.25. The summed E-state index contributed by atoms with van der Waals surface area (Å²) < 4.78 is 5.01. The summed E-state index contributed by atoms with van der Waals surface area (Å²) in [5, 5.41) is 0. The minimum absolute atomic E-state index is 0. The fourth-order valence-corrected chi connectivity index (χ4v) is 1.89. The van der Waals surface area contributed by atoms with E-state index >= 15 is 0 Å². The summed E-state index contributed by atoms with van der Waals surface area (Å²) >= 11 is 0. The van der Waals surface area contributed by atoms with E-state index in [0.29, 0.717) is 12.5 Å². The van der Waals surface area contributed by atoms with Gasteiger partial charge in [0.15, 0.2) is 0 Å². The normalized spacial score (nSPS) is 25.1. The highest BCUT2D eigenvalue weighted by atomic mass is 35.5. The van der Waals surface area contributed by atoms with Crippen LogP contribution in [0.3, 0.4) is 0 Å². The van der Waals surface area contributed by atoms with Crippen molar-refractivity contribution in [1.29, 1.82) is 0 Å². The largest absolute Gasteiger partial charge is 0.461 e. The molecule has 0 aliphatic heterocycles. The first-order chi connectivity index (χ1) is 6.77. The van der Waals surface area contributed by atoms with Gasteiger partial charge in [-0.15, -0.1) is 12.4 Å². The van der Waals surface area contributed by atoms with E-state index < -0.39 is 0 Å². The number of halogens is 1. The molecule has 0 unspecified atom stereocenters. The SMILES string of the molecule is C=CCOC(=O)C1CCC(CN)CC1.Cl. The van der Waals surface area contributed by atoms with Crippen LogP contribution in [-0.4, -0.2) is 19.1 Å². The van der Waals surface area contributed by atoms with E-state index in [2.05, 4.69) is 6.58 Å². The predicted octanol–water partition coefficient (Wildman–Crippen LogP) is 1.90. The standard InChI is InChI=1S/C11H19NO2.ClH/c1-2-7-14-11(13)10-5-3-9(8-12)4-6-10;/h2,9-10H,1,3-8,12H2;1H. The van der Waals surface area contributed by atoms with Gasteiger partial charge in [0.1, 0.15) is 6.61 Å². The van der Waals surface area contributed by atoms with Gasteiger partial charge < -0.3 is 10.5 Å². The molecule has 0 aromatic heterocycles. The van der Waals surface area contributed by atoms with Crippen LogP contribution in [0.1, 0.15) is 25.7 Å². The van der Waals surface area contributed by atoms with Gasteiger partial charge in [-0.3, -0.25) is 4.79 Å². The third-order valence-electron chi connectivity index (χ3n) is 2.86. The van der Waals surface area contributed by atoms with E-state index in [1.807, 2.05) is 0 Å². The number of esters is 1. The number of carbonyl (C=O) groups is 1. The first kappa shape index (κ1) is 14.5. The fourth-order valence-electron chi connectivity index (χ4n) is 1.89. The van der Waals surface area contributed by atoms with Gasteiger partial charge in [-0.05, 0) is 38.1 Å². The van der Waals surface area contributed by atoms with E-state index in [4.69, 9.17) is 10.5 Å². The molecule has 0 heterocycles. The van der Waals surface area contributed by atoms with Crippen molar-refractivity contribution in [3.8, 4) is 0 Å². The molecule has 0 aromatic carbocycles. The summed E-state index contributed by atoms with van der Waals surface area (Å²) in [6, 6.07) is 0. The number of nitrogens with two attached hydrogens (primary N) is 1. The molecule has 0 amide bonds. The second-order valence-corrected chi connectivity index (χ2v) is 3.87. The van der Waals surface area contributed by atoms with Crippen molar-refractivity contribution < 1.29 is 9.53 Å². The molecule has 0 saturated heterocycles. The fraction of sp³-hybridized carbons (Fsp3) is 0.727. The molecule has 1 aliphatic rings. The van der Waals surface area contributed by atoms with Crippen LogP contribution in [0.2, 0.25) is 0 Å². The van der Waals surface area contributed by atoms with E-state index in [9.17, 15) is 4.79 Å². The first-order valence-corrected chi connectivity index (χ1v) is 5.25. The van der Waals surface area contributed by atoms with Gasteiger partial charge in [0.2, 0.25) is 0 Å². The van der Waals surface area contributed by atoms with Crippen LogP contribution < -0.4 is 5.73 Å². The van der Waals surface area contributed by atoms with Crippen molar-refractivity contribution in [2.75, 3.05) is 13.2 Å². The van der Waals surface area contributed by atoms with E-state index in [0.717, 1.165) is 32.2 Å². The topological polar surface area (TPSA) is 52.3 Å². The van der Waals surface area contributed by atoms with E-state index in [1.165, 1.54) is 0 Å². The van der Waals surface area contributed by atoms with Crippen molar-refractivity contribution in [3.05, 3.63) is 12.7 Å². The molecular formula is C11H20ClNO2. The molecule has 88 valence electrons. The molecule has 2 N–H and O–H groups in total. The molecule has 1 saturated carbocycles. The zero-order valence-electron chi connectivity index (χ0n) is 8.98. The molecule has 0 radical (unpaired) electrons. The zero-order chi connectivity index (χ0) is 10.4. The van der Waals surface area contributed by atoms with Crippen LogP contribution >= 0.6 is 12.4 Å². The summed E-state index contributed by atoms with van der Waals surface area (Å²) in [6.07, 6.45) is 5.58. The molecule has 3 nitrogen and oxygen atoms in total. The Morgan fingerprint density at radius 1 is 1.40 bits per heavy atom. The van der Waals surface area contributed by atoms with Crippen molar-refractivity contribution >= 4 is 18.4 Å². The lowest BCUT2D eigenvalue weighted by Crippen LogP contribution is -2.26. The maximum atomic E-state index is 11.5. The summed E-state index contributed by atoms with van der Waals surface area (Å²) in [4.78, 5) is 11.5. The molecule has 1 fully saturated rings. The van der Waals surface area contributed by atoms with E-state index in [-0.39, 0.29) is 24.3 Å². The summed E-state index contributed by atoms with van der Waals surface area (Å²) in [6.45, 7) is 4.58. The second-order valence-electron chi connectivity index (χ2n) is 3.87. The number of hydrogen-bond acceptors (Lipinski definition) is 3. The monoisotopic (exact) mass is 233 g/mol. The van der Waals surface area contributed by atoms with Gasteiger partial charge in [0.05, 0.1) is 5.92 Å². The second kappa shape index (κ2) is 7.71. The van der Waals surface area contributed by atoms with Crippen molar-refractivity contribution in [2.45, 2.75) is 25.7 Å². The quantitative estimate of drug-likeness (QED) is 0.596. The maximum absolute atomic E-state index is 11.5. The van der Waals surface area contributed by atoms with Crippen molar-refractivity contribution in [3.63, 3.8) is 0 Å². The molecule has 0 aromatic rings. The lowest BCUT2D eigenvalue weighted by molar-refractivity contribution is -0.148. The third kappa shape index (κ3) is 4.67. The lowest BCUT2D eigenvalue weighted by atomic mass is 9.82. The third-order valence-corrected chi connectivity index (χ3v) is 2.86. The van der Waals surface area contributed by atoms with Gasteiger partial charge >= 0.3 is 5.97 Å². The highest BCUT2D eigenvalue weighted by Gasteiger charge is 2.26.